The van der Waals surface area contributed by atoms with Crippen LogP contribution in [0.3, 0.4) is 0 Å². The van der Waals surface area contributed by atoms with Crippen LogP contribution in [0.1, 0.15) is 10.5 Å². The van der Waals surface area contributed by atoms with E-state index in [2.05, 4.69) is 11.6 Å². The van der Waals surface area contributed by atoms with E-state index in [1.807, 2.05) is 0 Å². The summed E-state index contributed by atoms with van der Waals surface area (Å²) < 4.78 is 4.76. The van der Waals surface area contributed by atoms with Crippen molar-refractivity contribution < 1.29 is 14.5 Å². The summed E-state index contributed by atoms with van der Waals surface area (Å²) in [5.74, 6) is -0.466. The van der Waals surface area contributed by atoms with Crippen molar-refractivity contribution >= 4 is 11.5 Å². The number of methoxy groups -OCH3 is 1. The Morgan fingerprint density at radius 2 is 2.33 bits per heavy atom. The fourth-order valence-corrected chi connectivity index (χ4v) is 0.973. The van der Waals surface area contributed by atoms with Crippen molar-refractivity contribution in [3.05, 3.63) is 40.6 Å². The quantitative estimate of drug-likeness (QED) is 0.323. The van der Waals surface area contributed by atoms with Crippen LogP contribution in [-0.4, -0.2) is 22.8 Å². The Hall–Kier alpha value is -2.24. The minimum absolute atomic E-state index is 0.144. The summed E-state index contributed by atoms with van der Waals surface area (Å²) in [6.45, 7) is 3.24. The van der Waals surface area contributed by atoms with Gasteiger partial charge in [0.25, 0.3) is 5.69 Å². The molecule has 0 atom stereocenters. The van der Waals surface area contributed by atoms with Gasteiger partial charge in [-0.05, 0) is 6.08 Å². The second-order valence-corrected chi connectivity index (χ2v) is 2.55. The first-order valence-electron chi connectivity index (χ1n) is 3.96. The molecule has 0 saturated carbocycles. The van der Waals surface area contributed by atoms with Gasteiger partial charge in [-0.3, -0.25) is 14.9 Å². The Morgan fingerprint density at radius 1 is 1.67 bits per heavy atom. The Balaban J connectivity index is 3.34. The van der Waals surface area contributed by atoms with Gasteiger partial charge in [0, 0.05) is 12.1 Å². The zero-order valence-corrected chi connectivity index (χ0v) is 7.97. The summed E-state index contributed by atoms with van der Waals surface area (Å²) in [5, 5.41) is 10.6. The van der Waals surface area contributed by atoms with E-state index in [1.54, 1.807) is 0 Å². The van der Waals surface area contributed by atoms with E-state index in [0.29, 0.717) is 0 Å². The molecule has 0 radical (unpaired) electrons. The summed E-state index contributed by atoms with van der Waals surface area (Å²) in [4.78, 5) is 24.9. The zero-order valence-electron chi connectivity index (χ0n) is 7.97. The van der Waals surface area contributed by atoms with E-state index in [-0.39, 0.29) is 17.3 Å². The lowest BCUT2D eigenvalue weighted by Crippen LogP contribution is -2.05. The van der Waals surface area contributed by atoms with Crippen molar-refractivity contribution in [1.29, 1.82) is 0 Å². The van der Waals surface area contributed by atoms with Gasteiger partial charge < -0.3 is 4.74 Å². The second-order valence-electron chi connectivity index (χ2n) is 2.55. The molecular weight excluding hydrogens is 200 g/mol. The molecule has 78 valence electrons. The molecular formula is C9H8N2O4. The first kappa shape index (κ1) is 10.8. The average Bonchev–Trinajstić information content (AvgIpc) is 2.26. The SMILES string of the molecule is C=CC(=O)c1nc(OC)ccc1[N+](=O)[O-]. The van der Waals surface area contributed by atoms with Crippen molar-refractivity contribution in [3.63, 3.8) is 0 Å². The number of rotatable bonds is 4. The molecule has 0 amide bonds. The van der Waals surface area contributed by atoms with Crippen LogP contribution in [-0.2, 0) is 0 Å². The Bertz CT molecular complexity index is 428. The van der Waals surface area contributed by atoms with Crippen LogP contribution < -0.4 is 4.74 Å². The van der Waals surface area contributed by atoms with Crippen LogP contribution in [0.2, 0.25) is 0 Å². The maximum Gasteiger partial charge on any atom is 0.299 e. The molecule has 0 unspecified atom stereocenters. The summed E-state index contributed by atoms with van der Waals surface area (Å²) in [6, 6.07) is 2.49. The van der Waals surface area contributed by atoms with Crippen LogP contribution in [0.25, 0.3) is 0 Å². The number of carbonyl (C=O) groups is 1. The molecule has 1 aromatic heterocycles. The van der Waals surface area contributed by atoms with Crippen LogP contribution in [0.4, 0.5) is 5.69 Å². The number of nitrogens with zero attached hydrogens (tertiary/aromatic N) is 2. The monoisotopic (exact) mass is 208 g/mol. The molecule has 0 aliphatic carbocycles. The molecule has 6 nitrogen and oxygen atoms in total. The Morgan fingerprint density at radius 3 is 2.80 bits per heavy atom. The fraction of sp³-hybridized carbons (Fsp3) is 0.111. The van der Waals surface area contributed by atoms with Gasteiger partial charge in [0.15, 0.2) is 5.69 Å². The highest BCUT2D eigenvalue weighted by atomic mass is 16.6. The summed E-state index contributed by atoms with van der Waals surface area (Å²) in [5.41, 5.74) is -0.630. The van der Waals surface area contributed by atoms with Crippen molar-refractivity contribution in [2.45, 2.75) is 0 Å². The van der Waals surface area contributed by atoms with Gasteiger partial charge in [0.1, 0.15) is 0 Å². The number of aromatic nitrogens is 1. The van der Waals surface area contributed by atoms with E-state index >= 15 is 0 Å². The van der Waals surface area contributed by atoms with E-state index in [4.69, 9.17) is 4.74 Å². The zero-order chi connectivity index (χ0) is 11.4. The highest BCUT2D eigenvalue weighted by Crippen LogP contribution is 2.20. The highest BCUT2D eigenvalue weighted by Gasteiger charge is 2.20. The van der Waals surface area contributed by atoms with Gasteiger partial charge in [0.2, 0.25) is 11.7 Å². The number of carbonyl (C=O) groups excluding carboxylic acids is 1. The van der Waals surface area contributed by atoms with Gasteiger partial charge in [-0.2, -0.15) is 0 Å². The topological polar surface area (TPSA) is 82.3 Å². The highest BCUT2D eigenvalue weighted by molar-refractivity contribution is 6.05. The molecule has 1 aromatic rings. The van der Waals surface area contributed by atoms with Gasteiger partial charge in [-0.25, -0.2) is 4.98 Å². The molecule has 0 bridgehead atoms. The summed E-state index contributed by atoms with van der Waals surface area (Å²) in [6.07, 6.45) is 0.967. The van der Waals surface area contributed by atoms with Crippen molar-refractivity contribution in [3.8, 4) is 5.88 Å². The first-order chi connectivity index (χ1) is 7.10. The Labute approximate surface area is 85.3 Å². The molecule has 0 N–H and O–H groups in total. The smallest absolute Gasteiger partial charge is 0.299 e. The van der Waals surface area contributed by atoms with E-state index in [0.717, 1.165) is 6.08 Å². The first-order valence-corrected chi connectivity index (χ1v) is 3.96. The molecule has 0 spiro atoms. The van der Waals surface area contributed by atoms with Crippen molar-refractivity contribution in [2.24, 2.45) is 0 Å². The number of allylic oxidation sites excluding steroid dienone is 1. The molecule has 0 aromatic carbocycles. The van der Waals surface area contributed by atoms with Crippen LogP contribution in [0.5, 0.6) is 5.88 Å². The van der Waals surface area contributed by atoms with E-state index < -0.39 is 10.7 Å². The average molecular weight is 208 g/mol. The predicted octanol–water partition coefficient (Wildman–Crippen LogP) is 1.37. The van der Waals surface area contributed by atoms with E-state index in [1.165, 1.54) is 19.2 Å². The van der Waals surface area contributed by atoms with E-state index in [9.17, 15) is 14.9 Å². The van der Waals surface area contributed by atoms with Crippen LogP contribution >= 0.6 is 0 Å². The number of ether oxygens (including phenoxy) is 1. The molecule has 0 aliphatic rings. The van der Waals surface area contributed by atoms with Crippen molar-refractivity contribution in [2.75, 3.05) is 7.11 Å². The third-order valence-corrected chi connectivity index (χ3v) is 1.67. The number of hydrogen-bond acceptors (Lipinski definition) is 5. The summed E-state index contributed by atoms with van der Waals surface area (Å²) in [7, 11) is 1.36. The second kappa shape index (κ2) is 4.32. The molecule has 0 saturated heterocycles. The number of pyridine rings is 1. The van der Waals surface area contributed by atoms with Gasteiger partial charge >= 0.3 is 0 Å². The lowest BCUT2D eigenvalue weighted by Gasteiger charge is -2.01. The van der Waals surface area contributed by atoms with Crippen LogP contribution in [0, 0.1) is 10.1 Å². The molecule has 6 heteroatoms. The number of nitro groups is 1. The van der Waals surface area contributed by atoms with Gasteiger partial charge in [-0.1, -0.05) is 6.58 Å². The standard InChI is InChI=1S/C9H8N2O4/c1-3-7(12)9-6(11(13)14)4-5-8(10-9)15-2/h3-5H,1H2,2H3. The van der Waals surface area contributed by atoms with Gasteiger partial charge in [-0.15, -0.1) is 0 Å². The maximum absolute atomic E-state index is 11.3. The maximum atomic E-state index is 11.3. The summed E-state index contributed by atoms with van der Waals surface area (Å²) >= 11 is 0. The third-order valence-electron chi connectivity index (χ3n) is 1.67. The largest absolute Gasteiger partial charge is 0.481 e. The van der Waals surface area contributed by atoms with Gasteiger partial charge in [0.05, 0.1) is 12.0 Å². The normalized spacial score (nSPS) is 9.40. The molecule has 1 heterocycles. The lowest BCUT2D eigenvalue weighted by molar-refractivity contribution is -0.385. The minimum Gasteiger partial charge on any atom is -0.481 e. The predicted molar refractivity (Wildman–Crippen MR) is 52.0 cm³/mol. The number of hydrogen-bond donors (Lipinski definition) is 0. The fourth-order valence-electron chi connectivity index (χ4n) is 0.973. The molecule has 0 fully saturated rings. The molecule has 0 aliphatic heterocycles. The molecule has 1 rings (SSSR count). The Kier molecular flexibility index (Phi) is 3.12. The number of ketones is 1. The van der Waals surface area contributed by atoms with Crippen molar-refractivity contribution in [1.82, 2.24) is 4.98 Å². The lowest BCUT2D eigenvalue weighted by atomic mass is 10.2. The third kappa shape index (κ3) is 2.16. The molecule has 15 heavy (non-hydrogen) atoms. The minimum atomic E-state index is -0.677. The van der Waals surface area contributed by atoms with Crippen LogP contribution in [0.15, 0.2) is 24.8 Å².